The Balaban J connectivity index is 1.35. The SMILES string of the molecule is C[C@H]1CN(c2ccncc2CC(=O)c2ccc3ccc(N4CCC(C(F)(F)F)C4)cc3n2)C[C@@H](N)[C@@H]1O. The summed E-state index contributed by atoms with van der Waals surface area (Å²) in [6.45, 7) is 3.28. The first-order valence-electron chi connectivity index (χ1n) is 12.5. The predicted octanol–water partition coefficient (Wildman–Crippen LogP) is 3.59. The molecule has 4 atom stereocenters. The van der Waals surface area contributed by atoms with E-state index in [9.17, 15) is 23.1 Å². The maximum Gasteiger partial charge on any atom is 0.393 e. The van der Waals surface area contributed by atoms with Gasteiger partial charge in [-0.1, -0.05) is 19.1 Å². The van der Waals surface area contributed by atoms with Crippen molar-refractivity contribution in [2.45, 2.75) is 38.1 Å². The highest BCUT2D eigenvalue weighted by molar-refractivity contribution is 5.98. The zero-order valence-electron chi connectivity index (χ0n) is 20.5. The standard InChI is InChI=1S/C27H30F3N5O2/c1-16-13-35(15-21(31)26(16)37)24-6-8-32-12-18(24)10-25(36)22-5-3-17-2-4-20(11-23(17)33-22)34-9-7-19(14-34)27(28,29)30/h2-6,8,11-12,16,19,21,26,37H,7,9-10,13-15,31H2,1H3/t16-,19?,21+,26+/m0/s1. The Kier molecular flexibility index (Phi) is 6.80. The number of alkyl halides is 3. The Labute approximate surface area is 213 Å². The molecule has 3 aromatic rings. The van der Waals surface area contributed by atoms with E-state index in [1.807, 2.05) is 19.1 Å². The fourth-order valence-corrected chi connectivity index (χ4v) is 5.36. The van der Waals surface area contributed by atoms with Crippen molar-refractivity contribution < 1.29 is 23.1 Å². The number of nitrogens with zero attached hydrogens (tertiary/aromatic N) is 4. The lowest BCUT2D eigenvalue weighted by Crippen LogP contribution is -2.55. The van der Waals surface area contributed by atoms with E-state index in [0.717, 1.165) is 16.6 Å². The van der Waals surface area contributed by atoms with Gasteiger partial charge < -0.3 is 20.6 Å². The van der Waals surface area contributed by atoms with Crippen molar-refractivity contribution in [3.8, 4) is 0 Å². The van der Waals surface area contributed by atoms with E-state index in [2.05, 4.69) is 14.9 Å². The highest BCUT2D eigenvalue weighted by Crippen LogP contribution is 2.36. The molecule has 2 aliphatic rings. The smallest absolute Gasteiger partial charge is 0.391 e. The number of nitrogens with two attached hydrogens (primary N) is 1. The molecule has 5 rings (SSSR count). The Morgan fingerprint density at radius 1 is 1.14 bits per heavy atom. The normalized spacial score (nSPS) is 24.6. The number of carbonyl (C=O) groups excluding carboxylic acids is 1. The third-order valence-electron chi connectivity index (χ3n) is 7.51. The number of aromatic nitrogens is 2. The molecule has 1 unspecified atom stereocenters. The number of fused-ring (bicyclic) bond motifs is 1. The number of rotatable bonds is 5. The number of pyridine rings is 2. The summed E-state index contributed by atoms with van der Waals surface area (Å²) >= 11 is 0. The number of aliphatic hydroxyl groups excluding tert-OH is 1. The molecule has 0 radical (unpaired) electrons. The van der Waals surface area contributed by atoms with Crippen LogP contribution in [-0.2, 0) is 6.42 Å². The number of carbonyl (C=O) groups is 1. The van der Waals surface area contributed by atoms with Gasteiger partial charge in [-0.25, -0.2) is 4.98 Å². The number of hydrogen-bond acceptors (Lipinski definition) is 7. The van der Waals surface area contributed by atoms with Gasteiger partial charge in [0.2, 0.25) is 0 Å². The average Bonchev–Trinajstić information content (AvgIpc) is 3.38. The van der Waals surface area contributed by atoms with Gasteiger partial charge in [-0.15, -0.1) is 0 Å². The molecule has 3 N–H and O–H groups in total. The van der Waals surface area contributed by atoms with Crippen LogP contribution in [0.15, 0.2) is 48.8 Å². The molecule has 2 fully saturated rings. The molecule has 2 aliphatic heterocycles. The van der Waals surface area contributed by atoms with Gasteiger partial charge in [-0.2, -0.15) is 13.2 Å². The fraction of sp³-hybridized carbons (Fsp3) is 0.444. The molecule has 2 saturated heterocycles. The summed E-state index contributed by atoms with van der Waals surface area (Å²) in [4.78, 5) is 25.8. The summed E-state index contributed by atoms with van der Waals surface area (Å²) in [6, 6.07) is 10.3. The van der Waals surface area contributed by atoms with Gasteiger partial charge in [-0.05, 0) is 30.7 Å². The summed E-state index contributed by atoms with van der Waals surface area (Å²) in [7, 11) is 0. The predicted molar refractivity (Wildman–Crippen MR) is 136 cm³/mol. The minimum absolute atomic E-state index is 0.0150. The molecule has 0 saturated carbocycles. The molecule has 1 aromatic carbocycles. The lowest BCUT2D eigenvalue weighted by atomic mass is 9.92. The van der Waals surface area contributed by atoms with E-state index in [0.29, 0.717) is 30.8 Å². The summed E-state index contributed by atoms with van der Waals surface area (Å²) < 4.78 is 39.4. The van der Waals surface area contributed by atoms with E-state index in [1.54, 1.807) is 41.6 Å². The van der Waals surface area contributed by atoms with E-state index >= 15 is 0 Å². The maximum atomic E-state index is 13.3. The van der Waals surface area contributed by atoms with Gasteiger partial charge in [0.25, 0.3) is 0 Å². The zero-order valence-corrected chi connectivity index (χ0v) is 20.5. The third-order valence-corrected chi connectivity index (χ3v) is 7.51. The van der Waals surface area contributed by atoms with Gasteiger partial charge in [-0.3, -0.25) is 9.78 Å². The zero-order chi connectivity index (χ0) is 26.3. The van der Waals surface area contributed by atoms with Crippen molar-refractivity contribution in [3.05, 3.63) is 60.0 Å². The van der Waals surface area contributed by atoms with Gasteiger partial charge in [0.15, 0.2) is 5.78 Å². The molecule has 196 valence electrons. The molecular formula is C27H30F3N5O2. The number of hydrogen-bond donors (Lipinski definition) is 2. The first-order chi connectivity index (χ1) is 17.6. The first-order valence-corrected chi connectivity index (χ1v) is 12.5. The van der Waals surface area contributed by atoms with Gasteiger partial charge in [0, 0.05) is 79.3 Å². The van der Waals surface area contributed by atoms with Crippen LogP contribution in [0.2, 0.25) is 0 Å². The number of benzene rings is 1. The van der Waals surface area contributed by atoms with E-state index in [-0.39, 0.29) is 42.8 Å². The number of anilines is 2. The molecule has 0 aliphatic carbocycles. The lowest BCUT2D eigenvalue weighted by Gasteiger charge is -2.40. The topological polar surface area (TPSA) is 95.6 Å². The lowest BCUT2D eigenvalue weighted by molar-refractivity contribution is -0.168. The number of aliphatic hydroxyl groups is 1. The average molecular weight is 514 g/mol. The van der Waals surface area contributed by atoms with E-state index in [4.69, 9.17) is 5.73 Å². The summed E-state index contributed by atoms with van der Waals surface area (Å²) in [5, 5.41) is 11.0. The number of halogens is 3. The van der Waals surface area contributed by atoms with Crippen LogP contribution >= 0.6 is 0 Å². The second-order valence-corrected chi connectivity index (χ2v) is 10.2. The molecular weight excluding hydrogens is 483 g/mol. The highest BCUT2D eigenvalue weighted by atomic mass is 19.4. The molecule has 0 spiro atoms. The van der Waals surface area contributed by atoms with Crippen LogP contribution in [0.3, 0.4) is 0 Å². The first kappa shape index (κ1) is 25.4. The van der Waals surface area contributed by atoms with Crippen LogP contribution in [0.4, 0.5) is 24.5 Å². The largest absolute Gasteiger partial charge is 0.393 e. The second kappa shape index (κ2) is 9.90. The fourth-order valence-electron chi connectivity index (χ4n) is 5.36. The maximum absolute atomic E-state index is 13.3. The van der Waals surface area contributed by atoms with Crippen molar-refractivity contribution >= 4 is 28.1 Å². The molecule has 10 heteroatoms. The summed E-state index contributed by atoms with van der Waals surface area (Å²) in [5.41, 5.74) is 9.25. The molecule has 7 nitrogen and oxygen atoms in total. The second-order valence-electron chi connectivity index (χ2n) is 10.2. The summed E-state index contributed by atoms with van der Waals surface area (Å²) in [6.07, 6.45) is -1.29. The highest BCUT2D eigenvalue weighted by Gasteiger charge is 2.43. The molecule has 0 bridgehead atoms. The minimum Gasteiger partial charge on any atom is -0.391 e. The Morgan fingerprint density at radius 3 is 2.65 bits per heavy atom. The van der Waals surface area contributed by atoms with Crippen LogP contribution in [0.5, 0.6) is 0 Å². The Bertz CT molecular complexity index is 1290. The van der Waals surface area contributed by atoms with Crippen molar-refractivity contribution in [3.63, 3.8) is 0 Å². The number of ketones is 1. The van der Waals surface area contributed by atoms with Crippen molar-refractivity contribution in [2.75, 3.05) is 36.0 Å². The van der Waals surface area contributed by atoms with Crippen molar-refractivity contribution in [1.82, 2.24) is 9.97 Å². The van der Waals surface area contributed by atoms with Crippen molar-refractivity contribution in [2.24, 2.45) is 17.6 Å². The molecule has 2 aromatic heterocycles. The van der Waals surface area contributed by atoms with Crippen molar-refractivity contribution in [1.29, 1.82) is 0 Å². The molecule has 0 amide bonds. The third kappa shape index (κ3) is 5.26. The monoisotopic (exact) mass is 513 g/mol. The Hall–Kier alpha value is -3.24. The van der Waals surface area contributed by atoms with Gasteiger partial charge >= 0.3 is 6.18 Å². The van der Waals surface area contributed by atoms with Crippen LogP contribution in [0.1, 0.15) is 29.4 Å². The molecule has 37 heavy (non-hydrogen) atoms. The minimum atomic E-state index is -4.20. The summed E-state index contributed by atoms with van der Waals surface area (Å²) in [5.74, 6) is -1.54. The quantitative estimate of drug-likeness (QED) is 0.504. The van der Waals surface area contributed by atoms with E-state index in [1.165, 1.54) is 0 Å². The van der Waals surface area contributed by atoms with Gasteiger partial charge in [0.05, 0.1) is 17.5 Å². The number of piperidine rings is 1. The van der Waals surface area contributed by atoms with Crippen LogP contribution in [0.25, 0.3) is 10.9 Å². The van der Waals surface area contributed by atoms with Crippen LogP contribution < -0.4 is 15.5 Å². The van der Waals surface area contributed by atoms with E-state index < -0.39 is 18.2 Å². The number of Topliss-reactive ketones (excluding diaryl/α,β-unsaturated/α-hetero) is 1. The molecule has 4 heterocycles. The van der Waals surface area contributed by atoms with Crippen LogP contribution in [0, 0.1) is 11.8 Å². The van der Waals surface area contributed by atoms with Crippen LogP contribution in [-0.4, -0.2) is 65.4 Å². The van der Waals surface area contributed by atoms with Gasteiger partial charge in [0.1, 0.15) is 5.69 Å². The Morgan fingerprint density at radius 2 is 1.92 bits per heavy atom.